The van der Waals surface area contributed by atoms with E-state index < -0.39 is 11.7 Å². The Morgan fingerprint density at radius 3 is 2.25 bits per heavy atom. The SMILES string of the molecule is Cc1ccc(-c2cc(COCC3(c4ccccc4)CCNCC3)cc(C(F)(F)F)c2)c2ccccc12. The Balaban J connectivity index is 1.46. The largest absolute Gasteiger partial charge is 0.416 e. The number of hydrogen-bond donors (Lipinski definition) is 1. The van der Waals surface area contributed by atoms with E-state index in [1.807, 2.05) is 67.6 Å². The Kier molecular flexibility index (Phi) is 6.87. The molecule has 1 N–H and O–H groups in total. The van der Waals surface area contributed by atoms with E-state index in [1.54, 1.807) is 0 Å². The number of fused-ring (bicyclic) bond motifs is 1. The van der Waals surface area contributed by atoms with Gasteiger partial charge in [-0.05, 0) is 89.6 Å². The average Bonchev–Trinajstić information content (AvgIpc) is 2.89. The van der Waals surface area contributed by atoms with Crippen LogP contribution in [0.25, 0.3) is 21.9 Å². The Morgan fingerprint density at radius 1 is 0.833 bits per heavy atom. The summed E-state index contributed by atoms with van der Waals surface area (Å²) in [4.78, 5) is 0. The zero-order valence-corrected chi connectivity index (χ0v) is 20.4. The van der Waals surface area contributed by atoms with E-state index in [0.29, 0.717) is 17.7 Å². The minimum absolute atomic E-state index is 0.128. The first-order valence-electron chi connectivity index (χ1n) is 12.4. The number of nitrogens with one attached hydrogen (secondary N) is 1. The van der Waals surface area contributed by atoms with E-state index in [9.17, 15) is 13.2 Å². The molecule has 36 heavy (non-hydrogen) atoms. The molecule has 0 atom stereocenters. The first-order valence-corrected chi connectivity index (χ1v) is 12.4. The van der Waals surface area contributed by atoms with Crippen molar-refractivity contribution in [2.75, 3.05) is 19.7 Å². The number of benzene rings is 4. The topological polar surface area (TPSA) is 21.3 Å². The van der Waals surface area contributed by atoms with Gasteiger partial charge >= 0.3 is 6.18 Å². The van der Waals surface area contributed by atoms with Gasteiger partial charge in [-0.1, -0.05) is 66.7 Å². The van der Waals surface area contributed by atoms with Crippen molar-refractivity contribution in [3.8, 4) is 11.1 Å². The summed E-state index contributed by atoms with van der Waals surface area (Å²) < 4.78 is 47.9. The van der Waals surface area contributed by atoms with E-state index in [1.165, 1.54) is 17.7 Å². The van der Waals surface area contributed by atoms with Gasteiger partial charge in [0, 0.05) is 5.41 Å². The van der Waals surface area contributed by atoms with E-state index in [-0.39, 0.29) is 12.0 Å². The maximum Gasteiger partial charge on any atom is 0.416 e. The molecule has 186 valence electrons. The van der Waals surface area contributed by atoms with Crippen molar-refractivity contribution in [1.82, 2.24) is 5.32 Å². The second-order valence-corrected chi connectivity index (χ2v) is 9.78. The number of alkyl halides is 3. The third kappa shape index (κ3) is 5.04. The van der Waals surface area contributed by atoms with E-state index in [4.69, 9.17) is 4.74 Å². The second kappa shape index (κ2) is 10.1. The van der Waals surface area contributed by atoms with Gasteiger partial charge in [-0.15, -0.1) is 0 Å². The van der Waals surface area contributed by atoms with Gasteiger partial charge < -0.3 is 10.1 Å². The molecule has 0 saturated carbocycles. The average molecular weight is 490 g/mol. The van der Waals surface area contributed by atoms with E-state index >= 15 is 0 Å². The normalized spacial score (nSPS) is 15.8. The zero-order chi connectivity index (χ0) is 25.2. The Hall–Kier alpha value is -3.15. The smallest absolute Gasteiger partial charge is 0.376 e. The lowest BCUT2D eigenvalue weighted by Crippen LogP contribution is -2.43. The lowest BCUT2D eigenvalue weighted by atomic mass is 9.74. The van der Waals surface area contributed by atoms with E-state index in [2.05, 4.69) is 17.4 Å². The van der Waals surface area contributed by atoms with Crippen LogP contribution in [0.4, 0.5) is 13.2 Å². The van der Waals surface area contributed by atoms with Crippen LogP contribution in [-0.4, -0.2) is 19.7 Å². The highest BCUT2D eigenvalue weighted by Crippen LogP contribution is 2.38. The van der Waals surface area contributed by atoms with Crippen LogP contribution in [0.1, 0.15) is 35.1 Å². The molecule has 0 aromatic heterocycles. The van der Waals surface area contributed by atoms with Crippen LogP contribution < -0.4 is 5.32 Å². The van der Waals surface area contributed by atoms with Crippen LogP contribution >= 0.6 is 0 Å². The van der Waals surface area contributed by atoms with Crippen LogP contribution in [0.5, 0.6) is 0 Å². The molecule has 1 aliphatic heterocycles. The quantitative estimate of drug-likeness (QED) is 0.300. The first-order chi connectivity index (χ1) is 17.4. The number of ether oxygens (including phenoxy) is 1. The van der Waals surface area contributed by atoms with Gasteiger partial charge in [0.05, 0.1) is 18.8 Å². The van der Waals surface area contributed by atoms with Crippen LogP contribution in [0.15, 0.2) is 84.9 Å². The highest BCUT2D eigenvalue weighted by molar-refractivity contribution is 5.98. The molecular weight excluding hydrogens is 459 g/mol. The van der Waals surface area contributed by atoms with E-state index in [0.717, 1.165) is 47.8 Å². The summed E-state index contributed by atoms with van der Waals surface area (Å²) in [5, 5.41) is 5.39. The standard InChI is InChI=1S/C31H30F3NO/c1-22-11-12-28(29-10-6-5-9-27(22)29)24-17-23(18-26(19-24)31(32,33)34)20-36-21-30(13-15-35-16-14-30)25-7-3-2-4-8-25/h2-12,17-19,35H,13-16,20-21H2,1H3. The fraction of sp³-hybridized carbons (Fsp3) is 0.290. The molecule has 1 saturated heterocycles. The molecule has 4 aromatic carbocycles. The fourth-order valence-electron chi connectivity index (χ4n) is 5.37. The van der Waals surface area contributed by atoms with Crippen molar-refractivity contribution >= 4 is 10.8 Å². The molecular formula is C31H30F3NO. The van der Waals surface area contributed by atoms with Crippen molar-refractivity contribution in [2.45, 2.75) is 38.0 Å². The molecule has 0 unspecified atom stereocenters. The molecule has 5 rings (SSSR count). The second-order valence-electron chi connectivity index (χ2n) is 9.78. The van der Waals surface area contributed by atoms with Gasteiger partial charge in [-0.2, -0.15) is 13.2 Å². The molecule has 2 nitrogen and oxygen atoms in total. The molecule has 5 heteroatoms. The lowest BCUT2D eigenvalue weighted by molar-refractivity contribution is -0.137. The summed E-state index contributed by atoms with van der Waals surface area (Å²) in [6, 6.07) is 26.3. The lowest BCUT2D eigenvalue weighted by Gasteiger charge is -2.38. The summed E-state index contributed by atoms with van der Waals surface area (Å²) in [7, 11) is 0. The molecule has 0 bridgehead atoms. The molecule has 0 spiro atoms. The van der Waals surface area contributed by atoms with Crippen molar-refractivity contribution in [3.63, 3.8) is 0 Å². The number of hydrogen-bond acceptors (Lipinski definition) is 2. The predicted octanol–water partition coefficient (Wildman–Crippen LogP) is 7.67. The molecule has 1 fully saturated rings. The fourth-order valence-corrected chi connectivity index (χ4v) is 5.37. The molecule has 0 amide bonds. The van der Waals surface area contributed by atoms with Gasteiger partial charge in [-0.25, -0.2) is 0 Å². The molecule has 1 aliphatic rings. The summed E-state index contributed by atoms with van der Waals surface area (Å²) in [5.74, 6) is 0. The number of aryl methyl sites for hydroxylation is 1. The van der Waals surface area contributed by atoms with Crippen molar-refractivity contribution in [2.24, 2.45) is 0 Å². The zero-order valence-electron chi connectivity index (χ0n) is 20.4. The third-order valence-corrected chi connectivity index (χ3v) is 7.37. The minimum Gasteiger partial charge on any atom is -0.376 e. The third-order valence-electron chi connectivity index (χ3n) is 7.37. The van der Waals surface area contributed by atoms with Gasteiger partial charge in [0.25, 0.3) is 0 Å². The summed E-state index contributed by atoms with van der Waals surface area (Å²) in [6.07, 6.45) is -2.58. The van der Waals surface area contributed by atoms with Crippen LogP contribution in [0, 0.1) is 6.92 Å². The Morgan fingerprint density at radius 2 is 1.53 bits per heavy atom. The molecule has 1 heterocycles. The monoisotopic (exact) mass is 489 g/mol. The number of piperidine rings is 1. The molecule has 0 aliphatic carbocycles. The van der Waals surface area contributed by atoms with Crippen LogP contribution in [0.3, 0.4) is 0 Å². The molecule has 4 aromatic rings. The minimum atomic E-state index is -4.44. The highest BCUT2D eigenvalue weighted by Gasteiger charge is 2.34. The summed E-state index contributed by atoms with van der Waals surface area (Å²) in [5.41, 5.74) is 3.41. The first kappa shape index (κ1) is 24.5. The van der Waals surface area contributed by atoms with Gasteiger partial charge in [0.15, 0.2) is 0 Å². The summed E-state index contributed by atoms with van der Waals surface area (Å²) in [6.45, 7) is 4.40. The van der Waals surface area contributed by atoms with Crippen molar-refractivity contribution in [1.29, 1.82) is 0 Å². The van der Waals surface area contributed by atoms with Gasteiger partial charge in [0.2, 0.25) is 0 Å². The molecule has 0 radical (unpaired) electrons. The van der Waals surface area contributed by atoms with Gasteiger partial charge in [-0.3, -0.25) is 0 Å². The Bertz CT molecular complexity index is 1340. The maximum absolute atomic E-state index is 13.9. The van der Waals surface area contributed by atoms with Crippen LogP contribution in [-0.2, 0) is 22.9 Å². The Labute approximate surface area is 210 Å². The van der Waals surface area contributed by atoms with Crippen molar-refractivity contribution in [3.05, 3.63) is 107 Å². The maximum atomic E-state index is 13.9. The van der Waals surface area contributed by atoms with Crippen LogP contribution in [0.2, 0.25) is 0 Å². The number of rotatable bonds is 6. The predicted molar refractivity (Wildman–Crippen MR) is 139 cm³/mol. The van der Waals surface area contributed by atoms with Gasteiger partial charge in [0.1, 0.15) is 0 Å². The highest BCUT2D eigenvalue weighted by atomic mass is 19.4. The summed E-state index contributed by atoms with van der Waals surface area (Å²) >= 11 is 0. The van der Waals surface area contributed by atoms with Crippen molar-refractivity contribution < 1.29 is 17.9 Å². The number of halogens is 3.